The molecule has 0 aromatic heterocycles. The summed E-state index contributed by atoms with van der Waals surface area (Å²) in [5.74, 6) is 1.16. The van der Waals surface area contributed by atoms with Gasteiger partial charge in [0.1, 0.15) is 0 Å². The second-order valence-corrected chi connectivity index (χ2v) is 7.72. The first-order valence-corrected chi connectivity index (χ1v) is 10.4. The molecule has 3 rings (SSSR count). The summed E-state index contributed by atoms with van der Waals surface area (Å²) in [5.41, 5.74) is 2.12. The third-order valence-electron chi connectivity index (χ3n) is 6.00. The lowest BCUT2D eigenvalue weighted by Gasteiger charge is -2.37. The van der Waals surface area contributed by atoms with Crippen LogP contribution in [0.4, 0.5) is 0 Å². The lowest BCUT2D eigenvalue weighted by atomic mass is 9.90. The van der Waals surface area contributed by atoms with Crippen molar-refractivity contribution in [3.05, 3.63) is 23.3 Å². The molecule has 1 amide bonds. The number of ether oxygens (including phenoxy) is 3. The first kappa shape index (κ1) is 21.4. The van der Waals surface area contributed by atoms with Gasteiger partial charge < -0.3 is 19.1 Å². The highest BCUT2D eigenvalue weighted by molar-refractivity contribution is 5.78. The highest BCUT2D eigenvalue weighted by Crippen LogP contribution is 2.39. The molecule has 2 heterocycles. The largest absolute Gasteiger partial charge is 0.493 e. The molecule has 0 spiro atoms. The van der Waals surface area contributed by atoms with Gasteiger partial charge in [-0.2, -0.15) is 0 Å². The maximum Gasteiger partial charge on any atom is 0.307 e. The van der Waals surface area contributed by atoms with Crippen molar-refractivity contribution in [2.45, 2.75) is 44.6 Å². The van der Waals surface area contributed by atoms with Crippen molar-refractivity contribution in [1.82, 2.24) is 9.80 Å². The minimum absolute atomic E-state index is 0.144. The monoisotopic (exact) mass is 404 g/mol. The smallest absolute Gasteiger partial charge is 0.307 e. The number of carbonyl (C=O) groups is 2. The number of rotatable bonds is 6. The van der Waals surface area contributed by atoms with Crippen molar-refractivity contribution < 1.29 is 23.8 Å². The number of methoxy groups -OCH3 is 3. The fourth-order valence-electron chi connectivity index (χ4n) is 4.34. The summed E-state index contributed by atoms with van der Waals surface area (Å²) in [6, 6.07) is 3.69. The van der Waals surface area contributed by atoms with E-state index < -0.39 is 0 Å². The van der Waals surface area contributed by atoms with Crippen molar-refractivity contribution >= 4 is 11.9 Å². The molecule has 0 bridgehead atoms. The summed E-state index contributed by atoms with van der Waals surface area (Å²) in [7, 11) is 4.61. The van der Waals surface area contributed by atoms with Crippen molar-refractivity contribution in [2.24, 2.45) is 0 Å². The van der Waals surface area contributed by atoms with Crippen LogP contribution in [0.5, 0.6) is 11.5 Å². The van der Waals surface area contributed by atoms with Gasteiger partial charge in [0.25, 0.3) is 0 Å². The number of nitrogens with zero attached hydrogens (tertiary/aromatic N) is 2. The predicted molar refractivity (Wildman–Crippen MR) is 109 cm³/mol. The SMILES string of the molecule is COC(=O)CC1c2cc(OC)c(OC)cc2CCN1CC(=O)N1CCCCCC1. The Kier molecular flexibility index (Phi) is 7.36. The van der Waals surface area contributed by atoms with E-state index in [0.717, 1.165) is 43.5 Å². The fraction of sp³-hybridized carbons (Fsp3) is 0.636. The van der Waals surface area contributed by atoms with Crippen LogP contribution in [-0.2, 0) is 20.7 Å². The van der Waals surface area contributed by atoms with Crippen molar-refractivity contribution in [3.8, 4) is 11.5 Å². The van der Waals surface area contributed by atoms with E-state index in [9.17, 15) is 9.59 Å². The average Bonchev–Trinajstić information content (AvgIpc) is 3.03. The van der Waals surface area contributed by atoms with Crippen molar-refractivity contribution in [1.29, 1.82) is 0 Å². The van der Waals surface area contributed by atoms with Gasteiger partial charge in [-0.25, -0.2) is 0 Å². The Balaban J connectivity index is 1.85. The van der Waals surface area contributed by atoms with Crippen molar-refractivity contribution in [3.63, 3.8) is 0 Å². The highest BCUT2D eigenvalue weighted by atomic mass is 16.5. The quantitative estimate of drug-likeness (QED) is 0.679. The van der Waals surface area contributed by atoms with E-state index in [2.05, 4.69) is 4.90 Å². The lowest BCUT2D eigenvalue weighted by molar-refractivity contribution is -0.143. The number of fused-ring (bicyclic) bond motifs is 1. The van der Waals surface area contributed by atoms with Crippen LogP contribution in [0.2, 0.25) is 0 Å². The molecule has 1 atom stereocenters. The summed E-state index contributed by atoms with van der Waals surface area (Å²) in [4.78, 5) is 29.2. The minimum atomic E-state index is -0.287. The van der Waals surface area contributed by atoms with Crippen LogP contribution in [0.25, 0.3) is 0 Å². The molecule has 1 unspecified atom stereocenters. The molecule has 1 fully saturated rings. The summed E-state index contributed by atoms with van der Waals surface area (Å²) in [5, 5.41) is 0. The van der Waals surface area contributed by atoms with Crippen LogP contribution in [-0.4, -0.2) is 69.2 Å². The molecule has 2 aliphatic rings. The first-order chi connectivity index (χ1) is 14.1. The molecule has 0 aliphatic carbocycles. The molecule has 160 valence electrons. The van der Waals surface area contributed by atoms with Gasteiger partial charge in [0.05, 0.1) is 34.3 Å². The van der Waals surface area contributed by atoms with E-state index >= 15 is 0 Å². The number of benzene rings is 1. The van der Waals surface area contributed by atoms with E-state index in [1.54, 1.807) is 14.2 Å². The average molecular weight is 405 g/mol. The molecular weight excluding hydrogens is 372 g/mol. The van der Waals surface area contributed by atoms with Crippen LogP contribution in [0, 0.1) is 0 Å². The summed E-state index contributed by atoms with van der Waals surface area (Å²) in [6.45, 7) is 2.69. The summed E-state index contributed by atoms with van der Waals surface area (Å²) >= 11 is 0. The van der Waals surface area contributed by atoms with Crippen LogP contribution in [0.1, 0.15) is 49.3 Å². The van der Waals surface area contributed by atoms with E-state index in [0.29, 0.717) is 24.6 Å². The van der Waals surface area contributed by atoms with E-state index in [-0.39, 0.29) is 24.3 Å². The third-order valence-corrected chi connectivity index (χ3v) is 6.00. The van der Waals surface area contributed by atoms with Gasteiger partial charge in [-0.3, -0.25) is 14.5 Å². The zero-order valence-electron chi connectivity index (χ0n) is 17.7. The van der Waals surface area contributed by atoms with Crippen molar-refractivity contribution in [2.75, 3.05) is 47.5 Å². The fourth-order valence-corrected chi connectivity index (χ4v) is 4.34. The maximum atomic E-state index is 13.0. The predicted octanol–water partition coefficient (Wildman–Crippen LogP) is 2.57. The number of likely N-dealkylation sites (tertiary alicyclic amines) is 1. The zero-order valence-corrected chi connectivity index (χ0v) is 17.7. The van der Waals surface area contributed by atoms with Gasteiger partial charge in [-0.15, -0.1) is 0 Å². The number of amides is 1. The van der Waals surface area contributed by atoms with Gasteiger partial charge in [-0.05, 0) is 42.5 Å². The normalized spacial score (nSPS) is 19.8. The number of esters is 1. The highest BCUT2D eigenvalue weighted by Gasteiger charge is 2.33. The van der Waals surface area contributed by atoms with Gasteiger partial charge in [0, 0.05) is 25.7 Å². The molecule has 1 aromatic carbocycles. The minimum Gasteiger partial charge on any atom is -0.493 e. The Hall–Kier alpha value is -2.28. The van der Waals surface area contributed by atoms with Crippen LogP contribution >= 0.6 is 0 Å². The van der Waals surface area contributed by atoms with Crippen LogP contribution < -0.4 is 9.47 Å². The number of hydrogen-bond acceptors (Lipinski definition) is 6. The topological polar surface area (TPSA) is 68.3 Å². The molecule has 0 N–H and O–H groups in total. The molecule has 0 radical (unpaired) electrons. The summed E-state index contributed by atoms with van der Waals surface area (Å²) in [6.07, 6.45) is 5.50. The number of carbonyl (C=O) groups excluding carboxylic acids is 2. The molecule has 7 nitrogen and oxygen atoms in total. The lowest BCUT2D eigenvalue weighted by Crippen LogP contribution is -2.45. The molecule has 7 heteroatoms. The Morgan fingerprint density at radius 3 is 2.24 bits per heavy atom. The van der Waals surface area contributed by atoms with Gasteiger partial charge in [0.2, 0.25) is 5.91 Å². The Bertz CT molecular complexity index is 728. The standard InChI is InChI=1S/C22H32N2O5/c1-27-19-12-16-8-11-24(15-21(25)23-9-6-4-5-7-10-23)18(14-22(26)29-3)17(16)13-20(19)28-2/h12-13,18H,4-11,14-15H2,1-3H3. The molecule has 29 heavy (non-hydrogen) atoms. The molecule has 1 saturated heterocycles. The molecule has 2 aliphatic heterocycles. The molecular formula is C22H32N2O5. The Labute approximate surface area is 172 Å². The second kappa shape index (κ2) is 9.96. The second-order valence-electron chi connectivity index (χ2n) is 7.72. The van der Waals surface area contributed by atoms with Crippen LogP contribution in [0.15, 0.2) is 12.1 Å². The van der Waals surface area contributed by atoms with Gasteiger partial charge >= 0.3 is 5.97 Å². The van der Waals surface area contributed by atoms with Gasteiger partial charge in [-0.1, -0.05) is 12.8 Å². The van der Waals surface area contributed by atoms with E-state index in [1.807, 2.05) is 17.0 Å². The number of hydrogen-bond donors (Lipinski definition) is 0. The Morgan fingerprint density at radius 1 is 0.966 bits per heavy atom. The molecule has 1 aromatic rings. The zero-order chi connectivity index (χ0) is 20.8. The van der Waals surface area contributed by atoms with E-state index in [1.165, 1.54) is 20.0 Å². The maximum absolute atomic E-state index is 13.0. The molecule has 0 saturated carbocycles. The first-order valence-electron chi connectivity index (χ1n) is 10.4. The van der Waals surface area contributed by atoms with E-state index in [4.69, 9.17) is 14.2 Å². The summed E-state index contributed by atoms with van der Waals surface area (Å²) < 4.78 is 15.8. The van der Waals surface area contributed by atoms with Gasteiger partial charge in [0.15, 0.2) is 11.5 Å². The Morgan fingerprint density at radius 2 is 1.62 bits per heavy atom. The third kappa shape index (κ3) is 5.01. The van der Waals surface area contributed by atoms with Crippen LogP contribution in [0.3, 0.4) is 0 Å².